The summed E-state index contributed by atoms with van der Waals surface area (Å²) in [6.45, 7) is 5.80. The molecule has 3 N–H and O–H groups in total. The Morgan fingerprint density at radius 3 is 2.47 bits per heavy atom. The van der Waals surface area contributed by atoms with Crippen LogP contribution in [0, 0.1) is 0 Å². The number of nitrogens with zero attached hydrogens (tertiary/aromatic N) is 2. The Labute approximate surface area is 187 Å². The molecule has 1 atom stereocenters. The number of rotatable bonds is 6. The van der Waals surface area contributed by atoms with Crippen molar-refractivity contribution in [2.24, 2.45) is 4.99 Å². The maximum Gasteiger partial charge on any atom is 0.101 e. The summed E-state index contributed by atoms with van der Waals surface area (Å²) < 4.78 is 5.53. The monoisotopic (exact) mass is 423 g/mol. The minimum atomic E-state index is 0.0589. The van der Waals surface area contributed by atoms with E-state index in [-0.39, 0.29) is 6.17 Å². The van der Waals surface area contributed by atoms with Gasteiger partial charge in [-0.25, -0.2) is 4.98 Å². The molecular formula is C26H25N5O. The number of fused-ring (bicyclic) bond motifs is 1. The lowest BCUT2D eigenvalue weighted by molar-refractivity contribution is 0.0715. The Hall–Kier alpha value is -3.74. The van der Waals surface area contributed by atoms with E-state index < -0.39 is 0 Å². The number of aliphatic imine (C=N–C) groups is 1. The van der Waals surface area contributed by atoms with Gasteiger partial charge in [-0.05, 0) is 46.3 Å². The largest absolute Gasteiger partial charge is 0.377 e. The number of nitrogens with one attached hydrogen (secondary N) is 3. The van der Waals surface area contributed by atoms with E-state index in [0.717, 1.165) is 35.7 Å². The molecule has 0 bridgehead atoms. The van der Waals surface area contributed by atoms with E-state index in [4.69, 9.17) is 4.74 Å². The highest BCUT2D eigenvalue weighted by Gasteiger charge is 2.14. The van der Waals surface area contributed by atoms with Gasteiger partial charge >= 0.3 is 0 Å². The van der Waals surface area contributed by atoms with Crippen LogP contribution >= 0.6 is 0 Å². The number of aromatic amines is 1. The van der Waals surface area contributed by atoms with Gasteiger partial charge in [0.2, 0.25) is 0 Å². The average Bonchev–Trinajstić information content (AvgIpc) is 3.39. The quantitative estimate of drug-likeness (QED) is 0.401. The predicted octanol–water partition coefficient (Wildman–Crippen LogP) is 4.43. The molecule has 1 aliphatic rings. The Balaban J connectivity index is 1.38. The molecule has 4 aromatic rings. The molecule has 0 radical (unpaired) electrons. The highest BCUT2D eigenvalue weighted by Crippen LogP contribution is 2.28. The van der Waals surface area contributed by atoms with E-state index in [1.54, 1.807) is 12.5 Å². The van der Waals surface area contributed by atoms with Crippen LogP contribution in [0.3, 0.4) is 0 Å². The van der Waals surface area contributed by atoms with Crippen molar-refractivity contribution in [3.63, 3.8) is 0 Å². The molecule has 2 heterocycles. The summed E-state index contributed by atoms with van der Waals surface area (Å²) in [5, 5.41) is 9.26. The molecule has 1 saturated heterocycles. The molecule has 0 aliphatic carbocycles. The standard InChI is InChI=1S/C26H25N5O/c1-27-14-25(31-26-16-32-11-10-29-26)19-4-2-18(3-5-19)20-6-7-22-13-23(9-8-21(22)12-20)24-15-28-17-30-24/h2-9,12-15,17,26,29,31H,1,10-11,16H2,(H,28,30)/b25-14-. The molecule has 0 spiro atoms. The van der Waals surface area contributed by atoms with Crippen LogP contribution in [0.5, 0.6) is 0 Å². The molecule has 1 fully saturated rings. The van der Waals surface area contributed by atoms with Gasteiger partial charge in [0.1, 0.15) is 6.17 Å². The van der Waals surface area contributed by atoms with E-state index in [1.807, 2.05) is 6.20 Å². The van der Waals surface area contributed by atoms with Crippen molar-refractivity contribution < 1.29 is 4.74 Å². The van der Waals surface area contributed by atoms with Crippen LogP contribution < -0.4 is 10.6 Å². The molecule has 6 nitrogen and oxygen atoms in total. The Bertz CT molecular complexity index is 1240. The zero-order valence-electron chi connectivity index (χ0n) is 17.7. The van der Waals surface area contributed by atoms with Gasteiger partial charge in [0.05, 0.1) is 37.1 Å². The van der Waals surface area contributed by atoms with Crippen LogP contribution in [-0.4, -0.2) is 42.6 Å². The first-order valence-corrected chi connectivity index (χ1v) is 10.7. The molecule has 0 amide bonds. The lowest BCUT2D eigenvalue weighted by Crippen LogP contribution is -2.49. The van der Waals surface area contributed by atoms with Gasteiger partial charge in [-0.15, -0.1) is 0 Å². The summed E-state index contributed by atoms with van der Waals surface area (Å²) in [5.41, 5.74) is 6.47. The third kappa shape index (κ3) is 4.32. The lowest BCUT2D eigenvalue weighted by atomic mass is 9.98. The first kappa shape index (κ1) is 20.2. The molecule has 32 heavy (non-hydrogen) atoms. The van der Waals surface area contributed by atoms with Gasteiger partial charge in [-0.1, -0.05) is 48.5 Å². The smallest absolute Gasteiger partial charge is 0.101 e. The molecule has 160 valence electrons. The fourth-order valence-electron chi connectivity index (χ4n) is 3.98. The molecular weight excluding hydrogens is 398 g/mol. The van der Waals surface area contributed by atoms with Crippen molar-refractivity contribution in [1.29, 1.82) is 0 Å². The van der Waals surface area contributed by atoms with E-state index in [0.29, 0.717) is 6.61 Å². The molecule has 1 unspecified atom stereocenters. The van der Waals surface area contributed by atoms with E-state index in [2.05, 4.69) is 93.0 Å². The molecule has 6 heteroatoms. The van der Waals surface area contributed by atoms with Gasteiger partial charge in [0, 0.05) is 18.3 Å². The third-order valence-corrected chi connectivity index (χ3v) is 5.65. The third-order valence-electron chi connectivity index (χ3n) is 5.65. The summed E-state index contributed by atoms with van der Waals surface area (Å²) in [5.74, 6) is 0. The first-order chi connectivity index (χ1) is 15.8. The van der Waals surface area contributed by atoms with Gasteiger partial charge in [-0.2, -0.15) is 0 Å². The summed E-state index contributed by atoms with van der Waals surface area (Å²) in [6, 6.07) is 21.5. The number of aromatic nitrogens is 2. The lowest BCUT2D eigenvalue weighted by Gasteiger charge is -2.26. The number of H-pyrrole nitrogens is 1. The highest BCUT2D eigenvalue weighted by molar-refractivity contribution is 5.90. The van der Waals surface area contributed by atoms with Crippen LogP contribution in [0.15, 0.2) is 84.4 Å². The summed E-state index contributed by atoms with van der Waals surface area (Å²) in [7, 11) is 0. The van der Waals surface area contributed by atoms with Crippen molar-refractivity contribution in [3.8, 4) is 22.4 Å². The van der Waals surface area contributed by atoms with E-state index >= 15 is 0 Å². The number of hydrogen-bond acceptors (Lipinski definition) is 5. The number of morpholine rings is 1. The number of imidazole rings is 1. The topological polar surface area (TPSA) is 74.3 Å². The van der Waals surface area contributed by atoms with Gasteiger partial charge in [-0.3, -0.25) is 10.3 Å². The van der Waals surface area contributed by atoms with Gasteiger partial charge < -0.3 is 15.0 Å². The number of hydrogen-bond donors (Lipinski definition) is 3. The van der Waals surface area contributed by atoms with Gasteiger partial charge in [0.15, 0.2) is 0 Å². The summed E-state index contributed by atoms with van der Waals surface area (Å²) in [6.07, 6.45) is 5.35. The zero-order chi connectivity index (χ0) is 21.8. The SMILES string of the molecule is C=N/C=C(\NC1COCCN1)c1ccc(-c2ccc3cc(-c4cnc[nH]4)ccc3c2)cc1. The molecule has 1 aromatic heterocycles. The maximum atomic E-state index is 5.53. The molecule has 3 aromatic carbocycles. The number of ether oxygens (including phenoxy) is 1. The van der Waals surface area contributed by atoms with Crippen molar-refractivity contribution in [2.75, 3.05) is 19.8 Å². The van der Waals surface area contributed by atoms with E-state index in [1.165, 1.54) is 21.9 Å². The van der Waals surface area contributed by atoms with Crippen LogP contribution in [0.4, 0.5) is 0 Å². The van der Waals surface area contributed by atoms with E-state index in [9.17, 15) is 0 Å². The second-order valence-electron chi connectivity index (χ2n) is 7.77. The summed E-state index contributed by atoms with van der Waals surface area (Å²) in [4.78, 5) is 11.2. The Kier molecular flexibility index (Phi) is 5.79. The molecule has 5 rings (SSSR count). The van der Waals surface area contributed by atoms with Crippen LogP contribution in [0.1, 0.15) is 5.56 Å². The highest BCUT2D eigenvalue weighted by atomic mass is 16.5. The Morgan fingerprint density at radius 1 is 1.03 bits per heavy atom. The van der Waals surface area contributed by atoms with Crippen molar-refractivity contribution in [1.82, 2.24) is 20.6 Å². The van der Waals surface area contributed by atoms with Gasteiger partial charge in [0.25, 0.3) is 0 Å². The molecule has 1 aliphatic heterocycles. The first-order valence-electron chi connectivity index (χ1n) is 10.7. The van der Waals surface area contributed by atoms with Crippen LogP contribution in [-0.2, 0) is 4.74 Å². The minimum Gasteiger partial charge on any atom is -0.377 e. The maximum absolute atomic E-state index is 5.53. The van der Waals surface area contributed by atoms with Crippen molar-refractivity contribution in [2.45, 2.75) is 6.17 Å². The average molecular weight is 424 g/mol. The zero-order valence-corrected chi connectivity index (χ0v) is 17.7. The fraction of sp³-hybridized carbons (Fsp3) is 0.154. The number of benzene rings is 3. The Morgan fingerprint density at radius 2 is 1.78 bits per heavy atom. The second kappa shape index (κ2) is 9.18. The van der Waals surface area contributed by atoms with Crippen LogP contribution in [0.25, 0.3) is 38.9 Å². The summed E-state index contributed by atoms with van der Waals surface area (Å²) >= 11 is 0. The van der Waals surface area contributed by atoms with Crippen LogP contribution in [0.2, 0.25) is 0 Å². The second-order valence-corrected chi connectivity index (χ2v) is 7.77. The minimum absolute atomic E-state index is 0.0589. The normalized spacial score (nSPS) is 16.8. The molecule has 0 saturated carbocycles. The predicted molar refractivity (Wildman–Crippen MR) is 130 cm³/mol. The van der Waals surface area contributed by atoms with Crippen molar-refractivity contribution in [3.05, 3.63) is 85.0 Å². The van der Waals surface area contributed by atoms with Crippen molar-refractivity contribution >= 4 is 23.2 Å². The fourth-order valence-corrected chi connectivity index (χ4v) is 3.98.